The third-order valence-electron chi connectivity index (χ3n) is 2.93. The summed E-state index contributed by atoms with van der Waals surface area (Å²) in [6, 6.07) is 14.6. The maximum atomic E-state index is 12.0. The number of methoxy groups -OCH3 is 2. The Hall–Kier alpha value is -2.55. The summed E-state index contributed by atoms with van der Waals surface area (Å²) in [5.41, 5.74) is 1.40. The average Bonchev–Trinajstić information content (AvgIpc) is 2.52. The van der Waals surface area contributed by atoms with Gasteiger partial charge in [-0.1, -0.05) is 43.8 Å². The van der Waals surface area contributed by atoms with E-state index in [1.54, 1.807) is 32.4 Å². The van der Waals surface area contributed by atoms with Crippen LogP contribution in [0.3, 0.4) is 0 Å². The van der Waals surface area contributed by atoms with E-state index in [1.807, 2.05) is 36.4 Å². The molecule has 3 heteroatoms. The predicted octanol–water partition coefficient (Wildman–Crippen LogP) is 4.24. The van der Waals surface area contributed by atoms with Crippen molar-refractivity contribution < 1.29 is 14.3 Å². The first-order valence-electron chi connectivity index (χ1n) is 6.24. The molecule has 0 atom stereocenters. The molecule has 0 radical (unpaired) electrons. The van der Waals surface area contributed by atoms with Crippen molar-refractivity contribution in [3.05, 3.63) is 65.7 Å². The monoisotopic (exact) mass is 284 g/mol. The second-order valence-corrected chi connectivity index (χ2v) is 4.14. The second-order valence-electron chi connectivity index (χ2n) is 4.14. The van der Waals surface area contributed by atoms with Crippen molar-refractivity contribution in [3.63, 3.8) is 0 Å². The summed E-state index contributed by atoms with van der Waals surface area (Å²) in [7, 11) is 3.18. The minimum Gasteiger partial charge on any atom is -0.496 e. The van der Waals surface area contributed by atoms with Gasteiger partial charge in [0, 0.05) is 5.56 Å². The van der Waals surface area contributed by atoms with Crippen LogP contribution in [0.4, 0.5) is 0 Å². The van der Waals surface area contributed by atoms with Crippen LogP contribution in [0.5, 0.6) is 11.5 Å². The molecule has 0 aliphatic heterocycles. The first-order valence-corrected chi connectivity index (χ1v) is 6.24. The zero-order valence-corrected chi connectivity index (χ0v) is 11.5. The summed E-state index contributed by atoms with van der Waals surface area (Å²) in [5.74, 6) is 1.28. The molecule has 2 aromatic rings. The van der Waals surface area contributed by atoms with Gasteiger partial charge in [-0.15, -0.1) is 0 Å². The van der Waals surface area contributed by atoms with Crippen molar-refractivity contribution in [1.82, 2.24) is 0 Å². The Bertz CT molecular complexity index is 593. The van der Waals surface area contributed by atoms with E-state index in [1.165, 1.54) is 6.08 Å². The molecular formula is C18H20O3. The third kappa shape index (κ3) is 3.96. The van der Waals surface area contributed by atoms with Crippen molar-refractivity contribution in [2.45, 2.75) is 7.43 Å². The summed E-state index contributed by atoms with van der Waals surface area (Å²) in [5, 5.41) is 0. The molecule has 0 N–H and O–H groups in total. The van der Waals surface area contributed by atoms with Gasteiger partial charge >= 0.3 is 0 Å². The fourth-order valence-electron chi connectivity index (χ4n) is 1.90. The highest BCUT2D eigenvalue weighted by Gasteiger charge is 2.07. The van der Waals surface area contributed by atoms with Gasteiger partial charge in [0.05, 0.1) is 19.8 Å². The number of ether oxygens (including phenoxy) is 2. The summed E-state index contributed by atoms with van der Waals surface area (Å²) in [4.78, 5) is 12.0. The summed E-state index contributed by atoms with van der Waals surface area (Å²) in [6.45, 7) is 0. The Labute approximate surface area is 125 Å². The SMILES string of the molecule is C.COc1cccc(OC)c1/C=C/C(=O)c1ccccc1. The standard InChI is InChI=1S/C17H16O3.CH4/c1-19-16-9-6-10-17(20-2)14(16)11-12-15(18)13-7-4-3-5-8-13;/h3-12H,1-2H3;1H4/b12-11+;. The molecule has 0 unspecified atom stereocenters. The molecule has 0 saturated heterocycles. The van der Waals surface area contributed by atoms with Crippen LogP contribution in [0.15, 0.2) is 54.6 Å². The van der Waals surface area contributed by atoms with Crippen LogP contribution in [0, 0.1) is 0 Å². The molecule has 0 aliphatic rings. The van der Waals surface area contributed by atoms with Crippen LogP contribution in [-0.4, -0.2) is 20.0 Å². The molecule has 0 spiro atoms. The molecule has 0 bridgehead atoms. The number of benzene rings is 2. The highest BCUT2D eigenvalue weighted by Crippen LogP contribution is 2.29. The molecule has 0 aromatic heterocycles. The van der Waals surface area contributed by atoms with Crippen LogP contribution in [-0.2, 0) is 0 Å². The van der Waals surface area contributed by atoms with Crippen LogP contribution in [0.1, 0.15) is 23.3 Å². The lowest BCUT2D eigenvalue weighted by molar-refractivity contribution is 0.104. The van der Waals surface area contributed by atoms with Gasteiger partial charge in [0.1, 0.15) is 11.5 Å². The lowest BCUT2D eigenvalue weighted by Gasteiger charge is -2.09. The Kier molecular flexibility index (Phi) is 6.21. The highest BCUT2D eigenvalue weighted by molar-refractivity contribution is 6.07. The lowest BCUT2D eigenvalue weighted by atomic mass is 10.1. The average molecular weight is 284 g/mol. The summed E-state index contributed by atoms with van der Waals surface area (Å²) in [6.07, 6.45) is 3.24. The van der Waals surface area contributed by atoms with E-state index in [9.17, 15) is 4.79 Å². The fourth-order valence-corrected chi connectivity index (χ4v) is 1.90. The van der Waals surface area contributed by atoms with Gasteiger partial charge in [0.25, 0.3) is 0 Å². The summed E-state index contributed by atoms with van der Waals surface area (Å²) >= 11 is 0. The number of carbonyl (C=O) groups is 1. The van der Waals surface area contributed by atoms with Gasteiger partial charge in [-0.2, -0.15) is 0 Å². The normalized spacial score (nSPS) is 10.0. The zero-order valence-electron chi connectivity index (χ0n) is 11.5. The molecule has 0 aliphatic carbocycles. The number of hydrogen-bond donors (Lipinski definition) is 0. The largest absolute Gasteiger partial charge is 0.496 e. The summed E-state index contributed by atoms with van der Waals surface area (Å²) < 4.78 is 10.6. The second kappa shape index (κ2) is 7.90. The first kappa shape index (κ1) is 16.5. The maximum absolute atomic E-state index is 12.0. The van der Waals surface area contributed by atoms with E-state index in [-0.39, 0.29) is 13.2 Å². The number of ketones is 1. The highest BCUT2D eigenvalue weighted by atomic mass is 16.5. The van der Waals surface area contributed by atoms with Gasteiger partial charge < -0.3 is 9.47 Å². The van der Waals surface area contributed by atoms with Crippen LogP contribution >= 0.6 is 0 Å². The quantitative estimate of drug-likeness (QED) is 0.608. The van der Waals surface area contributed by atoms with E-state index in [4.69, 9.17) is 9.47 Å². The predicted molar refractivity (Wildman–Crippen MR) is 86.1 cm³/mol. The van der Waals surface area contributed by atoms with E-state index < -0.39 is 0 Å². The topological polar surface area (TPSA) is 35.5 Å². The first-order chi connectivity index (χ1) is 9.76. The smallest absolute Gasteiger partial charge is 0.185 e. The molecular weight excluding hydrogens is 264 g/mol. The van der Waals surface area contributed by atoms with Crippen molar-refractivity contribution in [2.75, 3.05) is 14.2 Å². The van der Waals surface area contributed by atoms with Gasteiger partial charge in [-0.3, -0.25) is 4.79 Å². The van der Waals surface area contributed by atoms with E-state index in [0.717, 1.165) is 5.56 Å². The molecule has 2 rings (SSSR count). The van der Waals surface area contributed by atoms with Gasteiger partial charge in [0.2, 0.25) is 0 Å². The van der Waals surface area contributed by atoms with Crippen molar-refractivity contribution >= 4 is 11.9 Å². The molecule has 0 amide bonds. The van der Waals surface area contributed by atoms with Crippen LogP contribution in [0.25, 0.3) is 6.08 Å². The van der Waals surface area contributed by atoms with Gasteiger partial charge in [0.15, 0.2) is 5.78 Å². The minimum atomic E-state index is -0.0569. The molecule has 21 heavy (non-hydrogen) atoms. The van der Waals surface area contributed by atoms with Crippen molar-refractivity contribution in [1.29, 1.82) is 0 Å². The van der Waals surface area contributed by atoms with Gasteiger partial charge in [-0.25, -0.2) is 0 Å². The van der Waals surface area contributed by atoms with E-state index in [2.05, 4.69) is 0 Å². The maximum Gasteiger partial charge on any atom is 0.185 e. The lowest BCUT2D eigenvalue weighted by Crippen LogP contribution is -1.95. The fraction of sp³-hybridized carbons (Fsp3) is 0.167. The number of allylic oxidation sites excluding steroid dienone is 1. The van der Waals surface area contributed by atoms with E-state index >= 15 is 0 Å². The molecule has 3 nitrogen and oxygen atoms in total. The molecule has 110 valence electrons. The van der Waals surface area contributed by atoms with Crippen LogP contribution in [0.2, 0.25) is 0 Å². The Morgan fingerprint density at radius 1 is 0.905 bits per heavy atom. The molecule has 0 heterocycles. The third-order valence-corrected chi connectivity index (χ3v) is 2.93. The number of carbonyl (C=O) groups excluding carboxylic acids is 1. The molecule has 2 aromatic carbocycles. The van der Waals surface area contributed by atoms with Crippen molar-refractivity contribution in [2.24, 2.45) is 0 Å². The van der Waals surface area contributed by atoms with Crippen molar-refractivity contribution in [3.8, 4) is 11.5 Å². The number of rotatable bonds is 5. The Morgan fingerprint density at radius 3 is 2.00 bits per heavy atom. The molecule has 0 fully saturated rings. The zero-order chi connectivity index (χ0) is 14.4. The van der Waals surface area contributed by atoms with E-state index in [0.29, 0.717) is 17.1 Å². The minimum absolute atomic E-state index is 0. The molecule has 0 saturated carbocycles. The Morgan fingerprint density at radius 2 is 1.48 bits per heavy atom. The van der Waals surface area contributed by atoms with Crippen LogP contribution < -0.4 is 9.47 Å². The number of hydrogen-bond acceptors (Lipinski definition) is 3. The van der Waals surface area contributed by atoms with Gasteiger partial charge in [-0.05, 0) is 24.3 Å². The Balaban J connectivity index is 0.00000220.